The van der Waals surface area contributed by atoms with Crippen LogP contribution in [0.2, 0.25) is 0 Å². The Balaban J connectivity index is 0.000000144. The highest BCUT2D eigenvalue weighted by atomic mass is 16.3. The van der Waals surface area contributed by atoms with Gasteiger partial charge in [-0.25, -0.2) is 0 Å². The molecular weight excluding hydrogens is 1640 g/mol. The molecule has 21 aromatic carbocycles. The summed E-state index contributed by atoms with van der Waals surface area (Å²) in [7, 11) is 0. The molecule has 0 amide bonds. The van der Waals surface area contributed by atoms with E-state index in [4.69, 9.17) is 8.83 Å². The third-order valence-corrected chi connectivity index (χ3v) is 28.4. The van der Waals surface area contributed by atoms with E-state index in [1.807, 2.05) is 18.2 Å². The van der Waals surface area contributed by atoms with Crippen LogP contribution in [0.25, 0.3) is 99.2 Å². The van der Waals surface area contributed by atoms with Gasteiger partial charge in [-0.1, -0.05) is 372 Å². The van der Waals surface area contributed by atoms with Gasteiger partial charge < -0.3 is 28.4 Å². The minimum absolute atomic E-state index is 0.138. The first kappa shape index (κ1) is 79.8. The molecule has 0 aliphatic heterocycles. The Kier molecular flexibility index (Phi) is 19.3. The van der Waals surface area contributed by atoms with Gasteiger partial charge in [-0.05, 0) is 257 Å². The van der Waals surface area contributed by atoms with Crippen molar-refractivity contribution >= 4 is 123 Å². The molecule has 0 fully saturated rings. The van der Waals surface area contributed by atoms with Gasteiger partial charge in [0.25, 0.3) is 0 Å². The average molecular weight is 1730 g/mol. The lowest BCUT2D eigenvalue weighted by Crippen LogP contribution is -2.28. The van der Waals surface area contributed by atoms with E-state index in [2.05, 4.69) is 525 Å². The molecule has 0 N–H and O–H groups in total. The smallest absolute Gasteiger partial charge is 0.135 e. The summed E-state index contributed by atoms with van der Waals surface area (Å²) in [5.74, 6) is 0. The molecule has 2 heterocycles. The highest BCUT2D eigenvalue weighted by Crippen LogP contribution is 2.60. The predicted molar refractivity (Wildman–Crippen MR) is 561 cm³/mol. The number of rotatable bonds is 17. The lowest BCUT2D eigenvalue weighted by Gasteiger charge is -2.35. The van der Waals surface area contributed by atoms with Gasteiger partial charge in [-0.2, -0.15) is 0 Å². The van der Waals surface area contributed by atoms with Crippen LogP contribution in [0, 0.1) is 0 Å². The maximum atomic E-state index is 6.41. The van der Waals surface area contributed by atoms with Gasteiger partial charge in [0, 0.05) is 94.9 Å². The van der Waals surface area contributed by atoms with Gasteiger partial charge in [-0.15, -0.1) is 0 Å². The molecule has 0 atom stereocenters. The fraction of sp³-hybridized carbons (Fsp3) is 0.0388. The SMILES string of the molecule is CC1(C)c2ccccc2-c2ccc(N(c3ccccc3)c3cccc(N(c4cccc(C5(c6ccccc6)c6ccccc6-c6ccccc65)c4)c4ccc5oc6ccccc6c5c4)c3)cc21.c1ccc(-c2ccc(N(c3cccc(N(c4cccc(C5(c6ccccc6)c6ccccc6-c6ccccc65)c4)c4ccc5oc6ccccc6c5c4)c3)c3cccc4ccccc34)cc2)cc1. The second-order valence-electron chi connectivity index (χ2n) is 36.1. The van der Waals surface area contributed by atoms with E-state index in [1.54, 1.807) is 0 Å². The van der Waals surface area contributed by atoms with E-state index in [9.17, 15) is 0 Å². The van der Waals surface area contributed by atoms with Crippen molar-refractivity contribution in [2.24, 2.45) is 0 Å². The molecule has 3 aliphatic carbocycles. The van der Waals surface area contributed by atoms with E-state index in [-0.39, 0.29) is 5.41 Å². The number of nitrogens with zero attached hydrogens (tertiary/aromatic N) is 4. The summed E-state index contributed by atoms with van der Waals surface area (Å²) in [4.78, 5) is 9.64. The van der Waals surface area contributed by atoms with Gasteiger partial charge in [0.15, 0.2) is 0 Å². The quantitative estimate of drug-likeness (QED) is 0.0905. The summed E-state index contributed by atoms with van der Waals surface area (Å²) in [6, 6.07) is 186. The van der Waals surface area contributed by atoms with Gasteiger partial charge in [0.1, 0.15) is 22.3 Å². The minimum atomic E-state index is -0.556. The van der Waals surface area contributed by atoms with Crippen LogP contribution in [-0.4, -0.2) is 0 Å². The van der Waals surface area contributed by atoms with E-state index in [0.29, 0.717) is 0 Å². The summed E-state index contributed by atoms with van der Waals surface area (Å²) < 4.78 is 12.8. The lowest BCUT2D eigenvalue weighted by molar-refractivity contribution is 0.660. The molecule has 3 aliphatic rings. The lowest BCUT2D eigenvalue weighted by atomic mass is 9.67. The number of benzene rings is 21. The van der Waals surface area contributed by atoms with Gasteiger partial charge >= 0.3 is 0 Å². The van der Waals surface area contributed by atoms with Gasteiger partial charge in [0.05, 0.1) is 16.5 Å². The van der Waals surface area contributed by atoms with Crippen LogP contribution in [-0.2, 0) is 16.2 Å². The van der Waals surface area contributed by atoms with E-state index in [0.717, 1.165) is 112 Å². The number of hydrogen-bond acceptors (Lipinski definition) is 6. The largest absolute Gasteiger partial charge is 0.456 e. The van der Waals surface area contributed by atoms with Crippen LogP contribution in [0.1, 0.15) is 69.5 Å². The van der Waals surface area contributed by atoms with E-state index < -0.39 is 10.8 Å². The van der Waals surface area contributed by atoms with Crippen molar-refractivity contribution in [2.45, 2.75) is 30.1 Å². The zero-order chi connectivity index (χ0) is 89.7. The molecule has 0 bridgehead atoms. The molecule has 6 heteroatoms. The molecule has 638 valence electrons. The second-order valence-corrected chi connectivity index (χ2v) is 36.1. The molecule has 26 rings (SSSR count). The number of para-hydroxylation sites is 3. The first-order valence-electron chi connectivity index (χ1n) is 46.6. The van der Waals surface area contributed by atoms with Crippen molar-refractivity contribution in [3.05, 3.63) is 565 Å². The zero-order valence-electron chi connectivity index (χ0n) is 74.6. The molecule has 6 nitrogen and oxygen atoms in total. The monoisotopic (exact) mass is 1730 g/mol. The summed E-state index contributed by atoms with van der Waals surface area (Å²) >= 11 is 0. The average Bonchev–Trinajstić information content (AvgIpc) is 1.54. The molecular formula is C129H90N4O2. The van der Waals surface area contributed by atoms with Crippen molar-refractivity contribution in [1.82, 2.24) is 0 Å². The van der Waals surface area contributed by atoms with Gasteiger partial charge in [-0.3, -0.25) is 0 Å². The molecule has 0 radical (unpaired) electrons. The minimum Gasteiger partial charge on any atom is -0.456 e. The molecule has 0 unspecified atom stereocenters. The zero-order valence-corrected chi connectivity index (χ0v) is 74.6. The normalized spacial score (nSPS) is 13.1. The van der Waals surface area contributed by atoms with Crippen molar-refractivity contribution in [3.63, 3.8) is 0 Å². The summed E-state index contributed by atoms with van der Waals surface area (Å²) in [5.41, 5.74) is 37.8. The topological polar surface area (TPSA) is 39.2 Å². The van der Waals surface area contributed by atoms with Crippen molar-refractivity contribution in [2.75, 3.05) is 19.6 Å². The van der Waals surface area contributed by atoms with Crippen LogP contribution in [0.4, 0.5) is 68.2 Å². The Labute approximate surface area is 785 Å². The predicted octanol–water partition coefficient (Wildman–Crippen LogP) is 34.9. The Morgan fingerprint density at radius 1 is 0.170 bits per heavy atom. The summed E-state index contributed by atoms with van der Waals surface area (Å²) in [6.07, 6.45) is 0. The van der Waals surface area contributed by atoms with Crippen molar-refractivity contribution in [1.29, 1.82) is 0 Å². The molecule has 23 aromatic rings. The van der Waals surface area contributed by atoms with E-state index in [1.165, 1.54) is 111 Å². The van der Waals surface area contributed by atoms with Crippen molar-refractivity contribution < 1.29 is 8.83 Å². The maximum absolute atomic E-state index is 6.41. The number of hydrogen-bond donors (Lipinski definition) is 0. The summed E-state index contributed by atoms with van der Waals surface area (Å²) in [6.45, 7) is 4.71. The van der Waals surface area contributed by atoms with Crippen LogP contribution in [0.3, 0.4) is 0 Å². The molecule has 0 saturated carbocycles. The molecule has 2 aromatic heterocycles. The molecule has 0 spiro atoms. The van der Waals surface area contributed by atoms with Crippen LogP contribution in [0.5, 0.6) is 0 Å². The number of fused-ring (bicyclic) bond motifs is 16. The van der Waals surface area contributed by atoms with Crippen molar-refractivity contribution in [3.8, 4) is 44.5 Å². The highest BCUT2D eigenvalue weighted by molar-refractivity contribution is 6.09. The first-order chi connectivity index (χ1) is 66.7. The first-order valence-corrected chi connectivity index (χ1v) is 46.6. The van der Waals surface area contributed by atoms with Crippen LogP contribution < -0.4 is 19.6 Å². The van der Waals surface area contributed by atoms with Crippen LogP contribution >= 0.6 is 0 Å². The highest BCUT2D eigenvalue weighted by Gasteiger charge is 2.48. The standard InChI is InChI=1S/C65H44N2O.C64H46N2O/c1-3-18-45(19-4-1)46-36-38-50(39-37-46)67(62-34-15-21-47-20-7-8-28-55(47)62)53-27-17-26-52(43-53)66(54-40-41-64-59(44-54)58-31-11-14-35-63(58)68-64)51-25-16-24-49(42-51)65(48-22-5-2-6-23-48)60-32-12-9-29-56(60)57-30-10-13-33-61(57)65;1-63(2)57-31-13-9-27-51(57)54-37-35-50(42-60(54)63)65(45-22-7-4-8-23-45)47-25-18-26-48(40-47)66(49-36-38-62-56(41-49)55-30-12-16-34-61(55)67-62)46-24-17-21-44(39-46)64(43-19-5-3-6-20-43)58-32-14-10-28-52(58)53-29-11-15-33-59(53)64/h1-44H;3-42H,1-2H3. The molecule has 0 saturated heterocycles. The Morgan fingerprint density at radius 3 is 0.956 bits per heavy atom. The second kappa shape index (κ2) is 32.7. The number of furan rings is 2. The van der Waals surface area contributed by atoms with Gasteiger partial charge in [0.2, 0.25) is 0 Å². The Morgan fingerprint density at radius 2 is 0.467 bits per heavy atom. The third-order valence-electron chi connectivity index (χ3n) is 28.4. The summed E-state index contributed by atoms with van der Waals surface area (Å²) in [5, 5.41) is 6.71. The van der Waals surface area contributed by atoms with Crippen LogP contribution in [0.15, 0.2) is 518 Å². The fourth-order valence-electron chi connectivity index (χ4n) is 22.4. The Bertz CT molecular complexity index is 8410. The third kappa shape index (κ3) is 13.1. The fourth-order valence-corrected chi connectivity index (χ4v) is 22.4. The Hall–Kier alpha value is -17.3. The van der Waals surface area contributed by atoms with E-state index >= 15 is 0 Å². The number of anilines is 12. The maximum Gasteiger partial charge on any atom is 0.135 e. The molecule has 135 heavy (non-hydrogen) atoms.